The van der Waals surface area contributed by atoms with Crippen molar-refractivity contribution in [1.29, 1.82) is 0 Å². The van der Waals surface area contributed by atoms with Crippen LogP contribution >= 0.6 is 11.8 Å². The fraction of sp³-hybridized carbons (Fsp3) is 0.400. The Morgan fingerprint density at radius 1 is 1.62 bits per heavy atom. The highest BCUT2D eigenvalue weighted by Crippen LogP contribution is 2.40. The zero-order valence-electron chi connectivity index (χ0n) is 8.81. The summed E-state index contributed by atoms with van der Waals surface area (Å²) in [5, 5.41) is 11.6. The Kier molecular flexibility index (Phi) is 2.67. The lowest BCUT2D eigenvalue weighted by molar-refractivity contribution is -0.116. The van der Waals surface area contributed by atoms with Crippen molar-refractivity contribution >= 4 is 29.3 Å². The summed E-state index contributed by atoms with van der Waals surface area (Å²) in [6.07, 6.45) is 0. The van der Waals surface area contributed by atoms with Gasteiger partial charge >= 0.3 is 5.97 Å². The second-order valence-electron chi connectivity index (χ2n) is 3.89. The number of hydrogen-bond acceptors (Lipinski definition) is 4. The molecule has 5 nitrogen and oxygen atoms in total. The van der Waals surface area contributed by atoms with Gasteiger partial charge in [0.25, 0.3) is 0 Å². The molecule has 86 valence electrons. The second kappa shape index (κ2) is 3.86. The van der Waals surface area contributed by atoms with Crippen molar-refractivity contribution in [1.82, 2.24) is 0 Å². The number of carbonyl (C=O) groups excluding carboxylic acids is 1. The van der Waals surface area contributed by atoms with Crippen LogP contribution in [0.4, 0.5) is 5.69 Å². The first-order valence-corrected chi connectivity index (χ1v) is 5.71. The van der Waals surface area contributed by atoms with Gasteiger partial charge in [0.2, 0.25) is 11.7 Å². The van der Waals surface area contributed by atoms with Crippen LogP contribution in [0.25, 0.3) is 0 Å². The molecule has 0 fully saturated rings. The molecule has 1 aromatic rings. The maximum atomic E-state index is 11.7. The summed E-state index contributed by atoms with van der Waals surface area (Å²) < 4.78 is 5.14. The number of furan rings is 1. The lowest BCUT2D eigenvalue weighted by Gasteiger charge is -2.22. The van der Waals surface area contributed by atoms with Crippen LogP contribution in [0.3, 0.4) is 0 Å². The number of anilines is 1. The van der Waals surface area contributed by atoms with Crippen LogP contribution in [-0.2, 0) is 4.79 Å². The minimum atomic E-state index is -1.13. The molecule has 2 heterocycles. The van der Waals surface area contributed by atoms with Gasteiger partial charge in [-0.15, -0.1) is 0 Å². The topological polar surface area (TPSA) is 79.5 Å². The highest BCUT2D eigenvalue weighted by molar-refractivity contribution is 8.00. The minimum Gasteiger partial charge on any atom is -0.475 e. The molecule has 0 saturated carbocycles. The van der Waals surface area contributed by atoms with Crippen molar-refractivity contribution in [3.63, 3.8) is 0 Å². The molecule has 1 aromatic heterocycles. The third-order valence-corrected chi connectivity index (χ3v) is 3.79. The van der Waals surface area contributed by atoms with E-state index in [1.165, 1.54) is 17.8 Å². The van der Waals surface area contributed by atoms with Crippen LogP contribution in [0.2, 0.25) is 0 Å². The molecule has 0 saturated heterocycles. The quantitative estimate of drug-likeness (QED) is 0.828. The molecular formula is C10H11NO4S. The van der Waals surface area contributed by atoms with Gasteiger partial charge in [0.05, 0.1) is 10.9 Å². The summed E-state index contributed by atoms with van der Waals surface area (Å²) in [4.78, 5) is 22.4. The highest BCUT2D eigenvalue weighted by Gasteiger charge is 2.32. The fourth-order valence-electron chi connectivity index (χ4n) is 1.47. The molecule has 1 aliphatic rings. The number of fused-ring (bicyclic) bond motifs is 1. The van der Waals surface area contributed by atoms with Crippen molar-refractivity contribution < 1.29 is 19.1 Å². The van der Waals surface area contributed by atoms with Crippen LogP contribution in [0, 0.1) is 5.92 Å². The summed E-state index contributed by atoms with van der Waals surface area (Å²) >= 11 is 1.27. The van der Waals surface area contributed by atoms with E-state index in [0.717, 1.165) is 0 Å². The van der Waals surface area contributed by atoms with Crippen LogP contribution in [0.1, 0.15) is 24.4 Å². The van der Waals surface area contributed by atoms with Gasteiger partial charge in [-0.25, -0.2) is 4.79 Å². The molecule has 1 aliphatic heterocycles. The summed E-state index contributed by atoms with van der Waals surface area (Å²) in [6, 6.07) is 1.33. The summed E-state index contributed by atoms with van der Waals surface area (Å²) in [5.74, 6) is -1.23. The van der Waals surface area contributed by atoms with Crippen molar-refractivity contribution in [3.05, 3.63) is 11.8 Å². The van der Waals surface area contributed by atoms with E-state index >= 15 is 0 Å². The van der Waals surface area contributed by atoms with E-state index in [0.29, 0.717) is 10.8 Å². The van der Waals surface area contributed by atoms with Crippen LogP contribution in [-0.4, -0.2) is 22.2 Å². The Balaban J connectivity index is 2.32. The van der Waals surface area contributed by atoms with Gasteiger partial charge in [-0.3, -0.25) is 4.79 Å². The number of carbonyl (C=O) groups is 2. The largest absolute Gasteiger partial charge is 0.475 e. The van der Waals surface area contributed by atoms with E-state index in [1.807, 2.05) is 13.8 Å². The van der Waals surface area contributed by atoms with Gasteiger partial charge in [0.1, 0.15) is 0 Å². The molecule has 1 atom stereocenters. The predicted molar refractivity (Wildman–Crippen MR) is 58.8 cm³/mol. The second-order valence-corrected chi connectivity index (χ2v) is 5.00. The zero-order valence-corrected chi connectivity index (χ0v) is 9.63. The summed E-state index contributed by atoms with van der Waals surface area (Å²) in [5.41, 5.74) is 0.448. The minimum absolute atomic E-state index is 0.106. The standard InChI is InChI=1S/C10H11NO4S/c1-4(2)7-8(12)11-5-3-6(9(13)14)15-10(5)16-7/h3-4,7H,1-2H3,(H,11,12)(H,13,14). The first-order valence-electron chi connectivity index (χ1n) is 4.83. The third kappa shape index (κ3) is 1.80. The molecule has 0 radical (unpaired) electrons. The number of carboxylic acid groups (broad SMARTS) is 1. The average Bonchev–Trinajstić information content (AvgIpc) is 2.58. The van der Waals surface area contributed by atoms with Crippen molar-refractivity contribution in [2.24, 2.45) is 5.92 Å². The Labute approximate surface area is 96.2 Å². The van der Waals surface area contributed by atoms with E-state index < -0.39 is 5.97 Å². The average molecular weight is 241 g/mol. The lowest BCUT2D eigenvalue weighted by Crippen LogP contribution is -2.32. The van der Waals surface area contributed by atoms with Gasteiger partial charge < -0.3 is 14.8 Å². The SMILES string of the molecule is CC(C)C1Sc2oc(C(=O)O)cc2NC1=O. The number of aromatic carboxylic acids is 1. The first-order chi connectivity index (χ1) is 7.49. The summed E-state index contributed by atoms with van der Waals surface area (Å²) in [6.45, 7) is 3.87. The molecule has 0 bridgehead atoms. The van der Waals surface area contributed by atoms with E-state index in [4.69, 9.17) is 9.52 Å². The number of hydrogen-bond donors (Lipinski definition) is 2. The van der Waals surface area contributed by atoms with Crippen LogP contribution < -0.4 is 5.32 Å². The number of carboxylic acids is 1. The normalized spacial score (nSPS) is 19.4. The Morgan fingerprint density at radius 3 is 2.88 bits per heavy atom. The fourth-order valence-corrected chi connectivity index (χ4v) is 2.51. The van der Waals surface area contributed by atoms with Gasteiger partial charge in [-0.1, -0.05) is 25.6 Å². The summed E-state index contributed by atoms with van der Waals surface area (Å²) in [7, 11) is 0. The maximum absolute atomic E-state index is 11.7. The van der Waals surface area contributed by atoms with E-state index in [-0.39, 0.29) is 22.8 Å². The van der Waals surface area contributed by atoms with Crippen molar-refractivity contribution in [2.45, 2.75) is 24.2 Å². The Hall–Kier alpha value is -1.43. The van der Waals surface area contributed by atoms with Gasteiger partial charge in [0, 0.05) is 6.07 Å². The van der Waals surface area contributed by atoms with E-state index in [9.17, 15) is 9.59 Å². The molecule has 2 rings (SSSR count). The number of thioether (sulfide) groups is 1. The number of amides is 1. The van der Waals surface area contributed by atoms with Crippen molar-refractivity contribution in [2.75, 3.05) is 5.32 Å². The Morgan fingerprint density at radius 2 is 2.31 bits per heavy atom. The van der Waals surface area contributed by atoms with Crippen LogP contribution in [0.15, 0.2) is 15.6 Å². The smallest absolute Gasteiger partial charge is 0.371 e. The third-order valence-electron chi connectivity index (χ3n) is 2.26. The molecular weight excluding hydrogens is 230 g/mol. The lowest BCUT2D eigenvalue weighted by atomic mass is 10.1. The number of nitrogens with one attached hydrogen (secondary N) is 1. The van der Waals surface area contributed by atoms with Crippen LogP contribution in [0.5, 0.6) is 0 Å². The monoisotopic (exact) mass is 241 g/mol. The molecule has 0 aliphatic carbocycles. The van der Waals surface area contributed by atoms with Crippen molar-refractivity contribution in [3.8, 4) is 0 Å². The molecule has 16 heavy (non-hydrogen) atoms. The van der Waals surface area contributed by atoms with E-state index in [1.54, 1.807) is 0 Å². The molecule has 0 spiro atoms. The molecule has 1 amide bonds. The first kappa shape index (κ1) is 11.1. The molecule has 6 heteroatoms. The van der Waals surface area contributed by atoms with Gasteiger partial charge in [-0.05, 0) is 5.92 Å². The van der Waals surface area contributed by atoms with E-state index in [2.05, 4.69) is 5.32 Å². The zero-order chi connectivity index (χ0) is 11.9. The van der Waals surface area contributed by atoms with Gasteiger partial charge in [-0.2, -0.15) is 0 Å². The Bertz CT molecular complexity index is 452. The predicted octanol–water partition coefficient (Wildman–Crippen LogP) is 2.05. The van der Waals surface area contributed by atoms with Gasteiger partial charge in [0.15, 0.2) is 5.09 Å². The molecule has 2 N–H and O–H groups in total. The highest BCUT2D eigenvalue weighted by atomic mass is 32.2. The molecule has 1 unspecified atom stereocenters. The molecule has 0 aromatic carbocycles. The number of rotatable bonds is 2. The maximum Gasteiger partial charge on any atom is 0.371 e.